The Labute approximate surface area is 54.3 Å². The van der Waals surface area contributed by atoms with Gasteiger partial charge in [-0.05, 0) is 6.42 Å². The molecule has 1 aliphatic heterocycles. The third kappa shape index (κ3) is 1.65. The molecule has 0 aromatic heterocycles. The van der Waals surface area contributed by atoms with Crippen molar-refractivity contribution in [1.29, 1.82) is 0 Å². The molecule has 1 heterocycles. The monoisotopic (exact) mass is 132 g/mol. The van der Waals surface area contributed by atoms with Gasteiger partial charge in [-0.2, -0.15) is 0 Å². The molecule has 0 atom stereocenters. The number of hydrogen-bond donors (Lipinski definition) is 1. The van der Waals surface area contributed by atoms with E-state index < -0.39 is 0 Å². The van der Waals surface area contributed by atoms with Crippen molar-refractivity contribution in [3.63, 3.8) is 0 Å². The number of carbonyl (C=O) groups is 1. The van der Waals surface area contributed by atoms with E-state index in [0.29, 0.717) is 6.42 Å². The van der Waals surface area contributed by atoms with E-state index in [1.807, 2.05) is 0 Å². The van der Waals surface area contributed by atoms with Crippen molar-refractivity contribution in [2.75, 3.05) is 13.7 Å². The number of amides is 1. The van der Waals surface area contributed by atoms with E-state index in [1.165, 1.54) is 12.2 Å². The zero-order chi connectivity index (χ0) is 5.98. The Morgan fingerprint density at radius 2 is 2.33 bits per heavy atom. The first kappa shape index (κ1) is 8.39. The summed E-state index contributed by atoms with van der Waals surface area (Å²) < 4.78 is 0. The topological polar surface area (TPSA) is 64.5 Å². The summed E-state index contributed by atoms with van der Waals surface area (Å²) in [6, 6.07) is 0. The predicted octanol–water partition coefficient (Wildman–Crippen LogP) is 0.332. The second-order valence-corrected chi connectivity index (χ2v) is 1.78. The maximum atomic E-state index is 10.6. The highest BCUT2D eigenvalue weighted by Crippen LogP contribution is 2.07. The molecule has 0 spiro atoms. The van der Waals surface area contributed by atoms with E-state index >= 15 is 0 Å². The molecule has 1 aliphatic rings. The highest BCUT2D eigenvalue weighted by molar-refractivity contribution is 5.76. The van der Waals surface area contributed by atoms with Crippen LogP contribution in [0.4, 0.5) is 0 Å². The van der Waals surface area contributed by atoms with Crippen molar-refractivity contribution in [1.82, 2.24) is 11.2 Å². The lowest BCUT2D eigenvalue weighted by Crippen LogP contribution is -2.22. The highest BCUT2D eigenvalue weighted by Gasteiger charge is 2.18. The first-order valence-corrected chi connectivity index (χ1v) is 2.69. The zero-order valence-electron chi connectivity index (χ0n) is 5.59. The summed E-state index contributed by atoms with van der Waals surface area (Å²) in [4.78, 5) is 15.3. The molecule has 54 valence electrons. The molecule has 9 heavy (non-hydrogen) atoms. The summed E-state index contributed by atoms with van der Waals surface area (Å²) in [7, 11) is 1.52. The third-order valence-corrected chi connectivity index (χ3v) is 1.25. The quantitative estimate of drug-likeness (QED) is 0.559. The largest absolute Gasteiger partial charge is 0.344 e. The molecule has 1 amide bonds. The summed E-state index contributed by atoms with van der Waals surface area (Å²) in [5.41, 5.74) is 0. The first-order chi connectivity index (χ1) is 3.84. The Balaban J connectivity index is 0.000000640. The molecule has 0 saturated carbocycles. The molecule has 4 heteroatoms. The van der Waals surface area contributed by atoms with Crippen LogP contribution in [0.2, 0.25) is 0 Å². The van der Waals surface area contributed by atoms with Gasteiger partial charge in [-0.1, -0.05) is 0 Å². The average molecular weight is 132 g/mol. The Hall–Kier alpha value is -0.610. The second kappa shape index (κ2) is 3.42. The van der Waals surface area contributed by atoms with E-state index in [2.05, 4.69) is 0 Å². The van der Waals surface area contributed by atoms with Crippen LogP contribution < -0.4 is 6.15 Å². The summed E-state index contributed by atoms with van der Waals surface area (Å²) in [6.07, 6.45) is 1.58. The van der Waals surface area contributed by atoms with Crippen molar-refractivity contribution >= 4 is 5.91 Å². The van der Waals surface area contributed by atoms with Crippen LogP contribution >= 0.6 is 0 Å². The highest BCUT2D eigenvalue weighted by atomic mass is 16.7. The SMILES string of the molecule is CON1CCCC1=O.N. The van der Waals surface area contributed by atoms with Crippen molar-refractivity contribution < 1.29 is 9.63 Å². The molecule has 1 saturated heterocycles. The molecule has 0 unspecified atom stereocenters. The Morgan fingerprint density at radius 1 is 1.67 bits per heavy atom. The van der Waals surface area contributed by atoms with Gasteiger partial charge in [0.05, 0.1) is 7.11 Å². The molecular formula is C5H12N2O2. The minimum atomic E-state index is 0. The van der Waals surface area contributed by atoms with E-state index in [-0.39, 0.29) is 12.1 Å². The van der Waals surface area contributed by atoms with Crippen LogP contribution in [0, 0.1) is 0 Å². The van der Waals surface area contributed by atoms with Crippen LogP contribution in [0.5, 0.6) is 0 Å². The van der Waals surface area contributed by atoms with Crippen molar-refractivity contribution in [3.8, 4) is 0 Å². The minimum Gasteiger partial charge on any atom is -0.344 e. The van der Waals surface area contributed by atoms with Gasteiger partial charge in [-0.3, -0.25) is 9.63 Å². The van der Waals surface area contributed by atoms with E-state index in [9.17, 15) is 4.79 Å². The molecule has 4 nitrogen and oxygen atoms in total. The van der Waals surface area contributed by atoms with Gasteiger partial charge in [0.15, 0.2) is 0 Å². The van der Waals surface area contributed by atoms with Gasteiger partial charge in [0.1, 0.15) is 0 Å². The molecule has 0 aromatic rings. The molecular weight excluding hydrogens is 120 g/mol. The van der Waals surface area contributed by atoms with Crippen LogP contribution in [-0.4, -0.2) is 24.6 Å². The molecule has 3 N–H and O–H groups in total. The minimum absolute atomic E-state index is 0. The maximum absolute atomic E-state index is 10.6. The zero-order valence-corrected chi connectivity index (χ0v) is 5.59. The van der Waals surface area contributed by atoms with E-state index in [1.54, 1.807) is 0 Å². The number of carbonyl (C=O) groups excluding carboxylic acids is 1. The van der Waals surface area contributed by atoms with Gasteiger partial charge in [0, 0.05) is 13.0 Å². The van der Waals surface area contributed by atoms with Crippen molar-refractivity contribution in [2.24, 2.45) is 0 Å². The molecule has 0 radical (unpaired) electrons. The summed E-state index contributed by atoms with van der Waals surface area (Å²) in [6.45, 7) is 0.759. The number of nitrogens with zero attached hydrogens (tertiary/aromatic N) is 1. The fourth-order valence-corrected chi connectivity index (χ4v) is 0.816. The fraction of sp³-hybridized carbons (Fsp3) is 0.800. The van der Waals surface area contributed by atoms with Gasteiger partial charge in [-0.15, -0.1) is 0 Å². The van der Waals surface area contributed by atoms with Crippen LogP contribution in [0.3, 0.4) is 0 Å². The van der Waals surface area contributed by atoms with Crippen LogP contribution in [-0.2, 0) is 9.63 Å². The van der Waals surface area contributed by atoms with Crippen molar-refractivity contribution in [3.05, 3.63) is 0 Å². The summed E-state index contributed by atoms with van der Waals surface area (Å²) in [5, 5.41) is 1.39. The Bertz CT molecular complexity index is 105. The van der Waals surface area contributed by atoms with Gasteiger partial charge >= 0.3 is 0 Å². The standard InChI is InChI=1S/C5H9NO2.H3N/c1-8-6-4-2-3-5(6)7;/h2-4H2,1H3;1H3. The maximum Gasteiger partial charge on any atom is 0.246 e. The van der Waals surface area contributed by atoms with Crippen LogP contribution in [0.25, 0.3) is 0 Å². The lowest BCUT2D eigenvalue weighted by atomic mass is 10.4. The van der Waals surface area contributed by atoms with Gasteiger partial charge < -0.3 is 6.15 Å². The fourth-order valence-electron chi connectivity index (χ4n) is 0.816. The Kier molecular flexibility index (Phi) is 3.19. The molecule has 0 aromatic carbocycles. The number of rotatable bonds is 1. The van der Waals surface area contributed by atoms with Gasteiger partial charge in [0.25, 0.3) is 0 Å². The number of hydrogen-bond acceptors (Lipinski definition) is 3. The first-order valence-electron chi connectivity index (χ1n) is 2.69. The normalized spacial score (nSPS) is 17.9. The summed E-state index contributed by atoms with van der Waals surface area (Å²) in [5.74, 6) is 0.104. The summed E-state index contributed by atoms with van der Waals surface area (Å²) >= 11 is 0. The molecule has 1 fully saturated rings. The predicted molar refractivity (Wildman–Crippen MR) is 33.0 cm³/mol. The second-order valence-electron chi connectivity index (χ2n) is 1.78. The number of hydroxylamine groups is 2. The van der Waals surface area contributed by atoms with E-state index in [4.69, 9.17) is 4.84 Å². The Morgan fingerprint density at radius 3 is 2.56 bits per heavy atom. The van der Waals surface area contributed by atoms with Gasteiger partial charge in [-0.25, -0.2) is 5.06 Å². The lowest BCUT2D eigenvalue weighted by molar-refractivity contribution is -0.167. The third-order valence-electron chi connectivity index (χ3n) is 1.25. The van der Waals surface area contributed by atoms with Crippen LogP contribution in [0.15, 0.2) is 0 Å². The smallest absolute Gasteiger partial charge is 0.246 e. The van der Waals surface area contributed by atoms with Crippen LogP contribution in [0.1, 0.15) is 12.8 Å². The molecule has 0 bridgehead atoms. The van der Waals surface area contributed by atoms with Gasteiger partial charge in [0.2, 0.25) is 5.91 Å². The molecule has 0 aliphatic carbocycles. The molecule has 1 rings (SSSR count). The average Bonchev–Trinajstić information content (AvgIpc) is 2.14. The lowest BCUT2D eigenvalue weighted by Gasteiger charge is -2.09. The van der Waals surface area contributed by atoms with Crippen molar-refractivity contribution in [2.45, 2.75) is 12.8 Å². The van der Waals surface area contributed by atoms with E-state index in [0.717, 1.165) is 13.0 Å².